The van der Waals surface area contributed by atoms with Crippen LogP contribution in [0.1, 0.15) is 24.2 Å². The summed E-state index contributed by atoms with van der Waals surface area (Å²) in [6.45, 7) is 1.72. The number of halogens is 1. The quantitative estimate of drug-likeness (QED) is 0.867. The first-order valence-corrected chi connectivity index (χ1v) is 7.77. The molecule has 1 aromatic carbocycles. The number of nitrogens with zero attached hydrogens (tertiary/aromatic N) is 1. The highest BCUT2D eigenvalue weighted by Crippen LogP contribution is 2.28. The standard InChI is InChI=1S/C16H19BrN2O/c1-19(11-14-3-2-8-20-14)16-7-4-12(9-15(16)17)10-18-13-5-6-13/h2-4,7-9,13,18H,5-6,10-11H2,1H3. The summed E-state index contributed by atoms with van der Waals surface area (Å²) < 4.78 is 6.52. The van der Waals surface area contributed by atoms with E-state index in [0.29, 0.717) is 0 Å². The van der Waals surface area contributed by atoms with Crippen molar-refractivity contribution in [3.8, 4) is 0 Å². The molecule has 0 amide bonds. The van der Waals surface area contributed by atoms with E-state index in [1.165, 1.54) is 24.1 Å². The second kappa shape index (κ2) is 6.02. The molecule has 1 aliphatic carbocycles. The van der Waals surface area contributed by atoms with Crippen LogP contribution in [-0.2, 0) is 13.1 Å². The van der Waals surface area contributed by atoms with Gasteiger partial charge < -0.3 is 14.6 Å². The molecule has 0 radical (unpaired) electrons. The van der Waals surface area contributed by atoms with Crippen LogP contribution < -0.4 is 10.2 Å². The van der Waals surface area contributed by atoms with Gasteiger partial charge >= 0.3 is 0 Å². The third kappa shape index (κ3) is 3.44. The molecular formula is C16H19BrN2O. The van der Waals surface area contributed by atoms with Crippen molar-refractivity contribution in [3.05, 3.63) is 52.4 Å². The molecule has 0 atom stereocenters. The molecule has 1 aromatic heterocycles. The van der Waals surface area contributed by atoms with Gasteiger partial charge in [-0.25, -0.2) is 0 Å². The van der Waals surface area contributed by atoms with Crippen molar-refractivity contribution in [2.75, 3.05) is 11.9 Å². The Kier molecular flexibility index (Phi) is 4.13. The summed E-state index contributed by atoms with van der Waals surface area (Å²) in [6.07, 6.45) is 4.36. The first-order chi connectivity index (χ1) is 9.72. The van der Waals surface area contributed by atoms with E-state index in [0.717, 1.165) is 29.4 Å². The van der Waals surface area contributed by atoms with Crippen molar-refractivity contribution in [1.29, 1.82) is 0 Å². The molecule has 3 nitrogen and oxygen atoms in total. The molecule has 0 bridgehead atoms. The van der Waals surface area contributed by atoms with E-state index < -0.39 is 0 Å². The molecule has 0 unspecified atom stereocenters. The lowest BCUT2D eigenvalue weighted by molar-refractivity contribution is 0.507. The number of nitrogens with one attached hydrogen (secondary N) is 1. The Morgan fingerprint density at radius 3 is 2.85 bits per heavy atom. The number of rotatable bonds is 6. The molecule has 3 rings (SSSR count). The Morgan fingerprint density at radius 1 is 1.35 bits per heavy atom. The van der Waals surface area contributed by atoms with Crippen LogP contribution in [0.2, 0.25) is 0 Å². The summed E-state index contributed by atoms with van der Waals surface area (Å²) >= 11 is 3.67. The van der Waals surface area contributed by atoms with Crippen LogP contribution in [0.25, 0.3) is 0 Å². The summed E-state index contributed by atoms with van der Waals surface area (Å²) in [7, 11) is 2.07. The monoisotopic (exact) mass is 334 g/mol. The van der Waals surface area contributed by atoms with E-state index in [4.69, 9.17) is 4.42 Å². The first kappa shape index (κ1) is 13.7. The van der Waals surface area contributed by atoms with Gasteiger partial charge in [0.15, 0.2) is 0 Å². The fourth-order valence-electron chi connectivity index (χ4n) is 2.24. The number of hydrogen-bond acceptors (Lipinski definition) is 3. The Hall–Kier alpha value is -1.26. The first-order valence-electron chi connectivity index (χ1n) is 6.98. The third-order valence-electron chi connectivity index (χ3n) is 3.57. The maximum absolute atomic E-state index is 5.39. The van der Waals surface area contributed by atoms with Gasteiger partial charge in [0, 0.05) is 24.1 Å². The molecule has 2 aromatic rings. The lowest BCUT2D eigenvalue weighted by Gasteiger charge is -2.20. The molecule has 1 aliphatic rings. The van der Waals surface area contributed by atoms with Crippen LogP contribution in [0.15, 0.2) is 45.5 Å². The van der Waals surface area contributed by atoms with Gasteiger partial charge in [-0.3, -0.25) is 0 Å². The van der Waals surface area contributed by atoms with Crippen molar-refractivity contribution in [2.24, 2.45) is 0 Å². The number of furan rings is 1. The Labute approximate surface area is 128 Å². The van der Waals surface area contributed by atoms with Gasteiger partial charge in [0.2, 0.25) is 0 Å². The highest BCUT2D eigenvalue weighted by molar-refractivity contribution is 9.10. The van der Waals surface area contributed by atoms with E-state index in [2.05, 4.69) is 51.4 Å². The molecule has 1 N–H and O–H groups in total. The minimum absolute atomic E-state index is 0.745. The maximum Gasteiger partial charge on any atom is 0.123 e. The van der Waals surface area contributed by atoms with Crippen LogP contribution in [0.4, 0.5) is 5.69 Å². The van der Waals surface area contributed by atoms with Gasteiger partial charge in [0.05, 0.1) is 18.5 Å². The highest BCUT2D eigenvalue weighted by atomic mass is 79.9. The summed E-state index contributed by atoms with van der Waals surface area (Å²) in [4.78, 5) is 2.18. The molecule has 4 heteroatoms. The molecule has 106 valence electrons. The second-order valence-electron chi connectivity index (χ2n) is 5.38. The van der Waals surface area contributed by atoms with Gasteiger partial charge in [-0.15, -0.1) is 0 Å². The topological polar surface area (TPSA) is 28.4 Å². The lowest BCUT2D eigenvalue weighted by Crippen LogP contribution is -2.17. The molecule has 0 spiro atoms. The van der Waals surface area contributed by atoms with E-state index in [9.17, 15) is 0 Å². The summed E-state index contributed by atoms with van der Waals surface area (Å²) in [5, 5.41) is 3.54. The fraction of sp³-hybridized carbons (Fsp3) is 0.375. The van der Waals surface area contributed by atoms with Gasteiger partial charge in [-0.05, 0) is 58.6 Å². The molecule has 1 fully saturated rings. The van der Waals surface area contributed by atoms with Crippen molar-refractivity contribution in [2.45, 2.75) is 32.0 Å². The predicted molar refractivity (Wildman–Crippen MR) is 84.8 cm³/mol. The van der Waals surface area contributed by atoms with E-state index in [1.54, 1.807) is 6.26 Å². The van der Waals surface area contributed by atoms with E-state index in [1.807, 2.05) is 12.1 Å². The molecule has 20 heavy (non-hydrogen) atoms. The number of benzene rings is 1. The van der Waals surface area contributed by atoms with Crippen molar-refractivity contribution >= 4 is 21.6 Å². The van der Waals surface area contributed by atoms with Crippen molar-refractivity contribution in [3.63, 3.8) is 0 Å². The molecule has 0 saturated heterocycles. The van der Waals surface area contributed by atoms with Crippen LogP contribution in [-0.4, -0.2) is 13.1 Å². The highest BCUT2D eigenvalue weighted by Gasteiger charge is 2.20. The number of hydrogen-bond donors (Lipinski definition) is 1. The zero-order valence-corrected chi connectivity index (χ0v) is 13.2. The molecule has 1 heterocycles. The summed E-state index contributed by atoms with van der Waals surface area (Å²) in [5.74, 6) is 0.971. The predicted octanol–water partition coefficient (Wildman–Crippen LogP) is 3.93. The molecule has 0 aliphatic heterocycles. The van der Waals surface area contributed by atoms with Crippen LogP contribution in [0.3, 0.4) is 0 Å². The average Bonchev–Trinajstić information content (AvgIpc) is 3.13. The summed E-state index contributed by atoms with van der Waals surface area (Å²) in [6, 6.07) is 11.2. The summed E-state index contributed by atoms with van der Waals surface area (Å²) in [5.41, 5.74) is 2.50. The van der Waals surface area contributed by atoms with Gasteiger partial charge in [0.1, 0.15) is 5.76 Å². The number of anilines is 1. The zero-order chi connectivity index (χ0) is 13.9. The zero-order valence-electron chi connectivity index (χ0n) is 11.6. The minimum atomic E-state index is 0.745. The van der Waals surface area contributed by atoms with E-state index in [-0.39, 0.29) is 0 Å². The normalized spacial score (nSPS) is 14.5. The van der Waals surface area contributed by atoms with Gasteiger partial charge in [0.25, 0.3) is 0 Å². The van der Waals surface area contributed by atoms with Gasteiger partial charge in [-0.2, -0.15) is 0 Å². The van der Waals surface area contributed by atoms with Crippen LogP contribution in [0.5, 0.6) is 0 Å². The van der Waals surface area contributed by atoms with Gasteiger partial charge in [-0.1, -0.05) is 6.07 Å². The Bertz CT molecular complexity index is 564. The van der Waals surface area contributed by atoms with Crippen LogP contribution >= 0.6 is 15.9 Å². The Morgan fingerprint density at radius 2 is 2.20 bits per heavy atom. The molecular weight excluding hydrogens is 316 g/mol. The van der Waals surface area contributed by atoms with Crippen LogP contribution in [0, 0.1) is 0 Å². The minimum Gasteiger partial charge on any atom is -0.467 e. The second-order valence-corrected chi connectivity index (χ2v) is 6.23. The maximum atomic E-state index is 5.39. The Balaban J connectivity index is 1.66. The average molecular weight is 335 g/mol. The van der Waals surface area contributed by atoms with Crippen molar-refractivity contribution in [1.82, 2.24) is 5.32 Å². The molecule has 1 saturated carbocycles. The SMILES string of the molecule is CN(Cc1ccco1)c1ccc(CNC2CC2)cc1Br. The third-order valence-corrected chi connectivity index (χ3v) is 4.20. The smallest absolute Gasteiger partial charge is 0.123 e. The van der Waals surface area contributed by atoms with E-state index >= 15 is 0 Å². The van der Waals surface area contributed by atoms with Crippen molar-refractivity contribution < 1.29 is 4.42 Å². The lowest BCUT2D eigenvalue weighted by atomic mass is 10.2. The fourth-order valence-corrected chi connectivity index (χ4v) is 2.97. The largest absolute Gasteiger partial charge is 0.467 e.